The van der Waals surface area contributed by atoms with E-state index in [2.05, 4.69) is 23.8 Å². The summed E-state index contributed by atoms with van der Waals surface area (Å²) in [6, 6.07) is 0. The van der Waals surface area contributed by atoms with Gasteiger partial charge in [0.1, 0.15) is 0 Å². The molecule has 0 aliphatic carbocycles. The molecule has 3 nitrogen and oxygen atoms in total. The lowest BCUT2D eigenvalue weighted by atomic mass is 10.3. The van der Waals surface area contributed by atoms with Crippen LogP contribution in [-0.4, -0.2) is 37.3 Å². The summed E-state index contributed by atoms with van der Waals surface area (Å²) in [5, 5.41) is 14.2. The van der Waals surface area contributed by atoms with E-state index in [4.69, 9.17) is 6.85 Å². The molecule has 86 valence electrons. The Bertz CT molecular complexity index is 264. The van der Waals surface area contributed by atoms with Crippen molar-refractivity contribution in [2.75, 3.05) is 26.1 Å². The van der Waals surface area contributed by atoms with Gasteiger partial charge in [0.25, 0.3) is 0 Å². The molecule has 0 saturated carbocycles. The summed E-state index contributed by atoms with van der Waals surface area (Å²) < 4.78 is 37.5. The molecule has 14 heavy (non-hydrogen) atoms. The molecule has 0 heterocycles. The highest BCUT2D eigenvalue weighted by molar-refractivity contribution is 5.85. The molecule has 0 radical (unpaired) electrons. The molecule has 0 rings (SSSR count). The number of hydrogen-bond donors (Lipinski definition) is 3. The van der Waals surface area contributed by atoms with Crippen molar-refractivity contribution >= 4 is 24.8 Å². The second-order valence-electron chi connectivity index (χ2n) is 1.94. The van der Waals surface area contributed by atoms with Crippen LogP contribution < -0.4 is 10.6 Å². The van der Waals surface area contributed by atoms with Gasteiger partial charge in [-0.25, -0.2) is 0 Å². The minimum absolute atomic E-state index is 0. The lowest BCUT2D eigenvalue weighted by Crippen LogP contribution is -2.35. The van der Waals surface area contributed by atoms with Crippen LogP contribution in [0.4, 0.5) is 0 Å². The average molecular weight is 248 g/mol. The van der Waals surface area contributed by atoms with Gasteiger partial charge in [-0.2, -0.15) is 0 Å². The zero-order valence-corrected chi connectivity index (χ0v) is 9.38. The number of hydrogen-bond acceptors (Lipinski definition) is 3. The van der Waals surface area contributed by atoms with E-state index in [1.165, 1.54) is 12.2 Å². The Morgan fingerprint density at radius 1 is 1.21 bits per heavy atom. The maximum Gasteiger partial charge on any atom is 0.0788 e. The molecule has 0 unspecified atom stereocenters. The maximum absolute atomic E-state index is 9.75. The van der Waals surface area contributed by atoms with Crippen molar-refractivity contribution in [3.8, 4) is 0 Å². The van der Waals surface area contributed by atoms with Gasteiger partial charge in [-0.3, -0.25) is 0 Å². The van der Waals surface area contributed by atoms with Gasteiger partial charge in [0, 0.05) is 31.6 Å². The summed E-state index contributed by atoms with van der Waals surface area (Å²) in [6.07, 6.45) is -0.312. The van der Waals surface area contributed by atoms with Crippen molar-refractivity contribution in [2.24, 2.45) is 0 Å². The van der Waals surface area contributed by atoms with Crippen molar-refractivity contribution in [3.63, 3.8) is 0 Å². The Morgan fingerprint density at radius 2 is 1.57 bits per heavy atom. The van der Waals surface area contributed by atoms with Crippen LogP contribution in [0.25, 0.3) is 0 Å². The van der Waals surface area contributed by atoms with E-state index < -0.39 is 19.1 Å². The standard InChI is InChI=1S/C9H18N2O.2ClH/c1-3-5-10-7-9(12)8-11-6-4-2;;/h3-4,9-12H,1-2,5-8H2;2*1H/i7D2,8D2,9D;;. The van der Waals surface area contributed by atoms with Crippen LogP contribution in [0.5, 0.6) is 0 Å². The molecule has 0 aromatic heterocycles. The molecule has 0 aliphatic rings. The molecule has 0 saturated heterocycles. The van der Waals surface area contributed by atoms with Crippen LogP contribution in [-0.2, 0) is 0 Å². The smallest absolute Gasteiger partial charge is 0.0788 e. The van der Waals surface area contributed by atoms with E-state index in [0.29, 0.717) is 0 Å². The molecule has 0 atom stereocenters. The second-order valence-corrected chi connectivity index (χ2v) is 1.94. The number of aliphatic hydroxyl groups is 1. The molecule has 0 bridgehead atoms. The first-order valence-corrected chi connectivity index (χ1v) is 3.56. The SMILES string of the molecule is Cl.Cl.[2H]C([2H])(NCC=C)C([2H])(O)C([2H])([2H])NCC=C. The van der Waals surface area contributed by atoms with Crippen LogP contribution in [0.3, 0.4) is 0 Å². The third kappa shape index (κ3) is 14.5. The zero-order chi connectivity index (χ0) is 13.7. The number of halogens is 2. The van der Waals surface area contributed by atoms with E-state index in [0.717, 1.165) is 0 Å². The lowest BCUT2D eigenvalue weighted by Gasteiger charge is -2.10. The monoisotopic (exact) mass is 247 g/mol. The normalized spacial score (nSPS) is 16.8. The fourth-order valence-electron chi connectivity index (χ4n) is 0.445. The van der Waals surface area contributed by atoms with Gasteiger partial charge in [-0.05, 0) is 0 Å². The van der Waals surface area contributed by atoms with Gasteiger partial charge >= 0.3 is 0 Å². The minimum atomic E-state index is -3.01. The summed E-state index contributed by atoms with van der Waals surface area (Å²) >= 11 is 0. The summed E-state index contributed by atoms with van der Waals surface area (Å²) in [6.45, 7) is 1.46. The molecule has 0 amide bonds. The molecule has 0 aromatic rings. The van der Waals surface area contributed by atoms with Gasteiger partial charge < -0.3 is 15.7 Å². The van der Waals surface area contributed by atoms with Crippen LogP contribution in [0.2, 0.25) is 0 Å². The topological polar surface area (TPSA) is 44.3 Å². The fourth-order valence-corrected chi connectivity index (χ4v) is 0.445. The van der Waals surface area contributed by atoms with Crippen molar-refractivity contribution in [1.29, 1.82) is 0 Å². The Hall–Kier alpha value is -0.0600. The molecular weight excluding hydrogens is 223 g/mol. The third-order valence-corrected chi connectivity index (χ3v) is 0.906. The molecule has 0 fully saturated rings. The highest BCUT2D eigenvalue weighted by atomic mass is 35.5. The highest BCUT2D eigenvalue weighted by Gasteiger charge is 1.99. The van der Waals surface area contributed by atoms with Crippen molar-refractivity contribution in [2.45, 2.75) is 6.08 Å². The summed E-state index contributed by atoms with van der Waals surface area (Å²) in [7, 11) is 0. The van der Waals surface area contributed by atoms with Gasteiger partial charge in [0.2, 0.25) is 0 Å². The molecule has 3 N–H and O–H groups in total. The van der Waals surface area contributed by atoms with Crippen molar-refractivity contribution < 1.29 is 12.0 Å². The highest BCUT2D eigenvalue weighted by Crippen LogP contribution is 1.77. The number of nitrogens with one attached hydrogen (secondary N) is 2. The van der Waals surface area contributed by atoms with Crippen molar-refractivity contribution in [3.05, 3.63) is 25.3 Å². The first kappa shape index (κ1) is 9.19. The Kier molecular flexibility index (Phi) is 10.1. The van der Waals surface area contributed by atoms with Gasteiger partial charge in [0.05, 0.1) is 7.45 Å². The van der Waals surface area contributed by atoms with Crippen LogP contribution in [0.1, 0.15) is 6.85 Å². The first-order chi connectivity index (χ1) is 7.62. The molecule has 5 heteroatoms. The summed E-state index contributed by atoms with van der Waals surface area (Å²) in [5.74, 6) is 0. The van der Waals surface area contributed by atoms with Gasteiger partial charge in [-0.1, -0.05) is 12.2 Å². The van der Waals surface area contributed by atoms with Gasteiger partial charge in [-0.15, -0.1) is 38.0 Å². The van der Waals surface area contributed by atoms with E-state index in [1.54, 1.807) is 0 Å². The molecular formula is C9H20Cl2N2O. The zero-order valence-electron chi connectivity index (χ0n) is 12.7. The predicted molar refractivity (Wildman–Crippen MR) is 66.6 cm³/mol. The lowest BCUT2D eigenvalue weighted by molar-refractivity contribution is 0.171. The summed E-state index contributed by atoms with van der Waals surface area (Å²) in [5.41, 5.74) is 0. The second kappa shape index (κ2) is 15.4. The molecule has 0 aliphatic heterocycles. The Morgan fingerprint density at radius 3 is 1.86 bits per heavy atom. The largest absolute Gasteiger partial charge is 0.390 e. The Balaban J connectivity index is -0.00000128. The van der Waals surface area contributed by atoms with Crippen LogP contribution in [0, 0.1) is 0 Å². The predicted octanol–water partition coefficient (Wildman–Crippen LogP) is 0.742. The Labute approximate surface area is 106 Å². The molecule has 0 aromatic carbocycles. The fraction of sp³-hybridized carbons (Fsp3) is 0.556. The molecule has 0 spiro atoms. The van der Waals surface area contributed by atoms with E-state index in [9.17, 15) is 5.11 Å². The van der Waals surface area contributed by atoms with Gasteiger partial charge in [0.15, 0.2) is 0 Å². The first-order valence-electron chi connectivity index (χ1n) is 6.06. The van der Waals surface area contributed by atoms with Crippen LogP contribution >= 0.6 is 24.8 Å². The van der Waals surface area contributed by atoms with Crippen molar-refractivity contribution in [1.82, 2.24) is 10.6 Å². The maximum atomic E-state index is 9.75. The summed E-state index contributed by atoms with van der Waals surface area (Å²) in [4.78, 5) is 0. The quantitative estimate of drug-likeness (QED) is 0.555. The third-order valence-electron chi connectivity index (χ3n) is 0.906. The van der Waals surface area contributed by atoms with Crippen LogP contribution in [0.15, 0.2) is 25.3 Å². The van der Waals surface area contributed by atoms with E-state index >= 15 is 0 Å². The average Bonchev–Trinajstić information content (AvgIpc) is 2.23. The van der Waals surface area contributed by atoms with E-state index in [1.807, 2.05) is 0 Å². The number of rotatable bonds is 8. The minimum Gasteiger partial charge on any atom is -0.390 e. The van der Waals surface area contributed by atoms with E-state index in [-0.39, 0.29) is 37.9 Å².